The minimum absolute atomic E-state index is 0.0381. The van der Waals surface area contributed by atoms with Crippen LogP contribution in [0.1, 0.15) is 33.3 Å². The molecule has 0 saturated heterocycles. The summed E-state index contributed by atoms with van der Waals surface area (Å²) in [5.41, 5.74) is 2.22. The maximum Gasteiger partial charge on any atom is 0.221 e. The van der Waals surface area contributed by atoms with E-state index in [-0.39, 0.29) is 22.2 Å². The third-order valence-corrected chi connectivity index (χ3v) is 8.52. The lowest BCUT2D eigenvalue weighted by atomic mass is 9.87. The van der Waals surface area contributed by atoms with Crippen LogP contribution in [0.2, 0.25) is 0 Å². The van der Waals surface area contributed by atoms with Crippen LogP contribution in [-0.2, 0) is 21.1 Å². The number of rotatable bonds is 2. The summed E-state index contributed by atoms with van der Waals surface area (Å²) >= 11 is 1.83. The molecule has 0 fully saturated rings. The van der Waals surface area contributed by atoms with Crippen LogP contribution >= 0.6 is 11.8 Å². The van der Waals surface area contributed by atoms with Crippen molar-refractivity contribution in [2.75, 3.05) is 5.32 Å². The Morgan fingerprint density at radius 1 is 0.848 bits per heavy atom. The molecule has 0 bridgehead atoms. The number of fused-ring (bicyclic) bond motifs is 2. The van der Waals surface area contributed by atoms with Crippen molar-refractivity contribution in [1.82, 2.24) is 0 Å². The van der Waals surface area contributed by atoms with Crippen LogP contribution in [0.3, 0.4) is 0 Å². The van der Waals surface area contributed by atoms with E-state index < -0.39 is 10.2 Å². The highest BCUT2D eigenvalue weighted by Gasteiger charge is 2.40. The van der Waals surface area contributed by atoms with Gasteiger partial charge in [0.2, 0.25) is 5.91 Å². The van der Waals surface area contributed by atoms with Crippen LogP contribution in [0.15, 0.2) is 91.2 Å². The van der Waals surface area contributed by atoms with E-state index in [0.29, 0.717) is 0 Å². The maximum atomic E-state index is 11.9. The summed E-state index contributed by atoms with van der Waals surface area (Å²) in [6.07, 6.45) is 0. The van der Waals surface area contributed by atoms with Gasteiger partial charge in [0.25, 0.3) is 0 Å². The SMILES string of the molecule is CC(=O)Nc1ccc(C(C)(C)C)cc1[S+]1c2ccccc2Sc2ccccc21.[O-][Cl+3]([O-])([O-])[O-]. The number of amides is 1. The van der Waals surface area contributed by atoms with Crippen LogP contribution in [-0.4, -0.2) is 5.91 Å². The van der Waals surface area contributed by atoms with E-state index in [4.69, 9.17) is 18.6 Å². The number of nitrogens with one attached hydrogen (secondary N) is 1. The second-order valence-corrected chi connectivity index (χ2v) is 12.1. The van der Waals surface area contributed by atoms with Gasteiger partial charge in [-0.25, -0.2) is 18.6 Å². The van der Waals surface area contributed by atoms with Crippen LogP contribution in [0.5, 0.6) is 0 Å². The Morgan fingerprint density at radius 3 is 1.79 bits per heavy atom. The molecule has 0 unspecified atom stereocenters. The zero-order valence-corrected chi connectivity index (χ0v) is 21.0. The van der Waals surface area contributed by atoms with Gasteiger partial charge in [0.05, 0.1) is 15.5 Å². The number of hydrogen-bond acceptors (Lipinski definition) is 6. The maximum absolute atomic E-state index is 11.9. The first-order valence-electron chi connectivity index (χ1n) is 9.98. The number of hydrogen-bond donors (Lipinski definition) is 1. The predicted octanol–water partition coefficient (Wildman–Crippen LogP) is 1.75. The highest BCUT2D eigenvalue weighted by Crippen LogP contribution is 2.49. The van der Waals surface area contributed by atoms with Gasteiger partial charge in [0.1, 0.15) is 10.9 Å². The van der Waals surface area contributed by atoms with Crippen LogP contribution < -0.4 is 24.0 Å². The number of benzene rings is 3. The Kier molecular flexibility index (Phi) is 7.80. The predicted molar refractivity (Wildman–Crippen MR) is 119 cm³/mol. The van der Waals surface area contributed by atoms with Gasteiger partial charge in [-0.1, -0.05) is 62.9 Å². The second kappa shape index (κ2) is 10.1. The lowest BCUT2D eigenvalue weighted by Crippen LogP contribution is -2.68. The quantitative estimate of drug-likeness (QED) is 0.414. The van der Waals surface area contributed by atoms with Gasteiger partial charge in [-0.15, -0.1) is 10.2 Å². The Labute approximate surface area is 202 Å². The van der Waals surface area contributed by atoms with Crippen LogP contribution in [0, 0.1) is 10.2 Å². The van der Waals surface area contributed by atoms with Crippen molar-refractivity contribution in [2.45, 2.75) is 57.6 Å². The van der Waals surface area contributed by atoms with Crippen LogP contribution in [0.4, 0.5) is 5.69 Å². The van der Waals surface area contributed by atoms with E-state index in [1.54, 1.807) is 6.92 Å². The zero-order chi connectivity index (χ0) is 24.4. The van der Waals surface area contributed by atoms with Gasteiger partial charge in [-0.05, 0) is 41.3 Å². The number of halogens is 1. The number of carbonyl (C=O) groups excluding carboxylic acids is 1. The molecule has 174 valence electrons. The Hall–Kier alpha value is -2.04. The highest BCUT2D eigenvalue weighted by atomic mass is 35.7. The minimum Gasteiger partial charge on any atom is -0.322 e. The molecule has 1 aliphatic rings. The van der Waals surface area contributed by atoms with Gasteiger partial charge >= 0.3 is 0 Å². The van der Waals surface area contributed by atoms with E-state index in [1.165, 1.54) is 30.0 Å². The molecular formula is C24H24ClNO5S2. The highest BCUT2D eigenvalue weighted by molar-refractivity contribution is 8.04. The fraction of sp³-hybridized carbons (Fsp3) is 0.208. The summed E-state index contributed by atoms with van der Waals surface area (Å²) in [5.74, 6) is -0.0405. The first kappa shape index (κ1) is 25.6. The van der Waals surface area contributed by atoms with Crippen molar-refractivity contribution in [3.05, 3.63) is 72.3 Å². The Bertz CT molecular complexity index is 1110. The lowest BCUT2D eigenvalue weighted by Gasteiger charge is -2.23. The Morgan fingerprint density at radius 2 is 1.33 bits per heavy atom. The zero-order valence-electron chi connectivity index (χ0n) is 18.6. The summed E-state index contributed by atoms with van der Waals surface area (Å²) < 4.78 is 34.0. The topological polar surface area (TPSA) is 121 Å². The van der Waals surface area contributed by atoms with Gasteiger partial charge in [-0.2, -0.15) is 0 Å². The molecule has 0 atom stereocenters. The summed E-state index contributed by atoms with van der Waals surface area (Å²) in [6.45, 7) is 8.26. The fourth-order valence-electron chi connectivity index (χ4n) is 3.33. The molecule has 4 rings (SSSR count). The summed E-state index contributed by atoms with van der Waals surface area (Å²) in [4.78, 5) is 18.3. The smallest absolute Gasteiger partial charge is 0.221 e. The summed E-state index contributed by atoms with van der Waals surface area (Å²) in [5, 5.41) is 3.07. The molecule has 3 aromatic carbocycles. The van der Waals surface area contributed by atoms with Crippen molar-refractivity contribution in [3.8, 4) is 0 Å². The van der Waals surface area contributed by atoms with E-state index in [9.17, 15) is 4.79 Å². The molecule has 0 saturated carbocycles. The first-order chi connectivity index (χ1) is 15.3. The number of anilines is 1. The molecular weight excluding hydrogens is 482 g/mol. The molecule has 0 aromatic heterocycles. The van der Waals surface area contributed by atoms with Gasteiger partial charge in [0.15, 0.2) is 14.7 Å². The van der Waals surface area contributed by atoms with Crippen LogP contribution in [0.25, 0.3) is 0 Å². The van der Waals surface area contributed by atoms with E-state index >= 15 is 0 Å². The van der Waals surface area contributed by atoms with E-state index in [1.807, 2.05) is 11.8 Å². The van der Waals surface area contributed by atoms with E-state index in [2.05, 4.69) is 92.8 Å². The molecule has 0 aliphatic carbocycles. The average molecular weight is 506 g/mol. The number of carbonyl (C=O) groups is 1. The summed E-state index contributed by atoms with van der Waals surface area (Å²) in [7, 11) is -5.21. The molecule has 6 nitrogen and oxygen atoms in total. The molecule has 1 amide bonds. The molecule has 33 heavy (non-hydrogen) atoms. The molecule has 0 spiro atoms. The summed E-state index contributed by atoms with van der Waals surface area (Å²) in [6, 6.07) is 23.7. The third-order valence-electron chi connectivity index (χ3n) is 4.74. The standard InChI is InChI=1S/C24H23NOS2.ClHO4/c1-16(26)25-18-14-13-17(24(2,3)4)15-23(18)28-21-11-7-5-9-19(21)27-20-10-6-8-12-22(20)28;2-1(3,4)5/h5-15H,1-4H3;(H,2,3,4,5). The van der Waals surface area contributed by atoms with Crippen molar-refractivity contribution in [3.63, 3.8) is 0 Å². The molecule has 0 radical (unpaired) electrons. The fourth-order valence-corrected chi connectivity index (χ4v) is 7.21. The van der Waals surface area contributed by atoms with Crippen molar-refractivity contribution >= 4 is 34.3 Å². The molecule has 1 aliphatic heterocycles. The first-order valence-corrected chi connectivity index (χ1v) is 13.3. The van der Waals surface area contributed by atoms with E-state index in [0.717, 1.165) is 5.69 Å². The van der Waals surface area contributed by atoms with Crippen molar-refractivity contribution in [2.24, 2.45) is 0 Å². The third kappa shape index (κ3) is 6.74. The lowest BCUT2D eigenvalue weighted by molar-refractivity contribution is -2.00. The van der Waals surface area contributed by atoms with Crippen molar-refractivity contribution < 1.29 is 33.7 Å². The largest absolute Gasteiger partial charge is 0.322 e. The monoisotopic (exact) mass is 505 g/mol. The van der Waals surface area contributed by atoms with Crippen molar-refractivity contribution in [1.29, 1.82) is 0 Å². The Balaban J connectivity index is 0.000000555. The second-order valence-electron chi connectivity index (χ2n) is 8.32. The molecule has 1 heterocycles. The molecule has 9 heteroatoms. The molecule has 3 aromatic rings. The minimum atomic E-state index is -4.94. The van der Waals surface area contributed by atoms with Gasteiger partial charge in [-0.3, -0.25) is 4.79 Å². The average Bonchev–Trinajstić information content (AvgIpc) is 2.70. The van der Waals surface area contributed by atoms with Gasteiger partial charge in [0, 0.05) is 13.0 Å². The molecule has 1 N–H and O–H groups in total. The van der Waals surface area contributed by atoms with Gasteiger partial charge < -0.3 is 5.32 Å². The normalized spacial score (nSPS) is 13.3.